The molecule has 8 nitrogen and oxygen atoms in total. The van der Waals surface area contributed by atoms with E-state index < -0.39 is 0 Å². The minimum absolute atomic E-state index is 0.0510. The average molecular weight is 408 g/mol. The van der Waals surface area contributed by atoms with Crippen LogP contribution in [0.1, 0.15) is 11.1 Å². The molecular formula is C20H21N7OS. The third-order valence-electron chi connectivity index (χ3n) is 5.36. The van der Waals surface area contributed by atoms with Gasteiger partial charge < -0.3 is 20.0 Å². The van der Waals surface area contributed by atoms with Crippen molar-refractivity contribution in [1.82, 2.24) is 19.9 Å². The molecule has 5 rings (SSSR count). The van der Waals surface area contributed by atoms with Gasteiger partial charge in [0.1, 0.15) is 5.82 Å². The van der Waals surface area contributed by atoms with Gasteiger partial charge in [-0.1, -0.05) is 12.1 Å². The highest BCUT2D eigenvalue weighted by Gasteiger charge is 2.26. The van der Waals surface area contributed by atoms with Crippen molar-refractivity contribution in [2.24, 2.45) is 0 Å². The van der Waals surface area contributed by atoms with E-state index in [0.717, 1.165) is 42.8 Å². The third-order valence-corrected chi connectivity index (χ3v) is 6.19. The number of urea groups is 1. The fraction of sp³-hybridized carbons (Fsp3) is 0.300. The van der Waals surface area contributed by atoms with Gasteiger partial charge in [0.25, 0.3) is 0 Å². The van der Waals surface area contributed by atoms with Crippen LogP contribution in [0, 0.1) is 0 Å². The lowest BCUT2D eigenvalue weighted by Gasteiger charge is -2.35. The van der Waals surface area contributed by atoms with Crippen LogP contribution in [0.4, 0.5) is 21.4 Å². The highest BCUT2D eigenvalue weighted by molar-refractivity contribution is 7.13. The van der Waals surface area contributed by atoms with Crippen LogP contribution in [0.2, 0.25) is 0 Å². The van der Waals surface area contributed by atoms with Gasteiger partial charge in [0.2, 0.25) is 0 Å². The molecule has 0 atom stereocenters. The van der Waals surface area contributed by atoms with E-state index in [2.05, 4.69) is 36.1 Å². The van der Waals surface area contributed by atoms with E-state index in [1.165, 1.54) is 11.1 Å². The van der Waals surface area contributed by atoms with Crippen LogP contribution < -0.4 is 15.1 Å². The van der Waals surface area contributed by atoms with Crippen molar-refractivity contribution in [2.75, 3.05) is 41.3 Å². The quantitative estimate of drug-likeness (QED) is 0.719. The van der Waals surface area contributed by atoms with Gasteiger partial charge in [-0.15, -0.1) is 11.3 Å². The fourth-order valence-electron chi connectivity index (χ4n) is 3.83. The Balaban J connectivity index is 1.23. The van der Waals surface area contributed by atoms with E-state index in [1.54, 1.807) is 29.9 Å². The number of nitrogens with one attached hydrogen (secondary N) is 1. The standard InChI is InChI=1S/C20H21N7OS/c28-19(26-9-7-25(8-10-26)18-12-21-4-5-22-18)24-17-3-1-2-15-13-27(14-16(15)17)20-23-6-11-29-20/h1-6,11-12H,7-10,13-14H2,(H,24,28). The molecule has 1 saturated heterocycles. The first-order valence-electron chi connectivity index (χ1n) is 9.60. The molecular weight excluding hydrogens is 386 g/mol. The molecule has 2 aromatic heterocycles. The van der Waals surface area contributed by atoms with E-state index in [1.807, 2.05) is 28.6 Å². The Bertz CT molecular complexity index is 987. The molecule has 1 fully saturated rings. The van der Waals surface area contributed by atoms with Crippen LogP contribution in [0.25, 0.3) is 0 Å². The van der Waals surface area contributed by atoms with Crippen LogP contribution in [0.5, 0.6) is 0 Å². The topological polar surface area (TPSA) is 77.5 Å². The van der Waals surface area contributed by atoms with Gasteiger partial charge in [-0.25, -0.2) is 14.8 Å². The van der Waals surface area contributed by atoms with Crippen molar-refractivity contribution in [3.63, 3.8) is 0 Å². The minimum Gasteiger partial charge on any atom is -0.352 e. The van der Waals surface area contributed by atoms with Gasteiger partial charge in [-0.2, -0.15) is 0 Å². The predicted octanol–water partition coefficient (Wildman–Crippen LogP) is 2.81. The third kappa shape index (κ3) is 3.61. The monoisotopic (exact) mass is 407 g/mol. The Hall–Kier alpha value is -3.20. The van der Waals surface area contributed by atoms with Crippen molar-refractivity contribution in [1.29, 1.82) is 0 Å². The number of nitrogens with zero attached hydrogens (tertiary/aromatic N) is 6. The Morgan fingerprint density at radius 2 is 1.90 bits per heavy atom. The minimum atomic E-state index is -0.0510. The van der Waals surface area contributed by atoms with Gasteiger partial charge in [0, 0.05) is 74.5 Å². The van der Waals surface area contributed by atoms with Gasteiger partial charge in [-0.05, 0) is 11.6 Å². The summed E-state index contributed by atoms with van der Waals surface area (Å²) in [5.74, 6) is 0.857. The molecule has 9 heteroatoms. The van der Waals surface area contributed by atoms with Crippen LogP contribution in [-0.2, 0) is 13.1 Å². The molecule has 0 saturated carbocycles. The summed E-state index contributed by atoms with van der Waals surface area (Å²) in [5.41, 5.74) is 3.31. The molecule has 0 spiro atoms. The summed E-state index contributed by atoms with van der Waals surface area (Å²) in [6.45, 7) is 4.39. The number of thiazole rings is 1. The number of hydrogen-bond acceptors (Lipinski definition) is 7. The molecule has 29 heavy (non-hydrogen) atoms. The molecule has 0 aliphatic carbocycles. The van der Waals surface area contributed by atoms with E-state index in [9.17, 15) is 4.79 Å². The van der Waals surface area contributed by atoms with Crippen LogP contribution >= 0.6 is 11.3 Å². The molecule has 1 N–H and O–H groups in total. The lowest BCUT2D eigenvalue weighted by molar-refractivity contribution is 0.208. The first kappa shape index (κ1) is 17.9. The molecule has 2 aliphatic rings. The zero-order chi connectivity index (χ0) is 19.6. The lowest BCUT2D eigenvalue weighted by Crippen LogP contribution is -2.50. The Morgan fingerprint density at radius 1 is 1.00 bits per heavy atom. The molecule has 0 radical (unpaired) electrons. The SMILES string of the molecule is O=C(Nc1cccc2c1CN(c1nccs1)C2)N1CCN(c2cnccn2)CC1. The summed E-state index contributed by atoms with van der Waals surface area (Å²) >= 11 is 1.64. The smallest absolute Gasteiger partial charge is 0.321 e. The normalized spacial score (nSPS) is 16.1. The van der Waals surface area contributed by atoms with E-state index >= 15 is 0 Å². The lowest BCUT2D eigenvalue weighted by atomic mass is 10.1. The second kappa shape index (κ2) is 7.67. The number of fused-ring (bicyclic) bond motifs is 1. The second-order valence-corrected chi connectivity index (χ2v) is 7.95. The predicted molar refractivity (Wildman–Crippen MR) is 113 cm³/mol. The number of benzene rings is 1. The maximum atomic E-state index is 12.9. The maximum Gasteiger partial charge on any atom is 0.321 e. The van der Waals surface area contributed by atoms with Crippen molar-refractivity contribution >= 4 is 34.0 Å². The fourth-order valence-corrected chi connectivity index (χ4v) is 4.48. The number of carbonyl (C=O) groups excluding carboxylic acids is 1. The molecule has 1 aromatic carbocycles. The first-order chi connectivity index (χ1) is 14.3. The molecule has 0 unspecified atom stereocenters. The molecule has 4 heterocycles. The Labute approximate surface area is 172 Å². The summed E-state index contributed by atoms with van der Waals surface area (Å²) in [6, 6.07) is 6.06. The highest BCUT2D eigenvalue weighted by Crippen LogP contribution is 2.33. The number of piperazine rings is 1. The number of anilines is 3. The van der Waals surface area contributed by atoms with Crippen molar-refractivity contribution in [2.45, 2.75) is 13.1 Å². The van der Waals surface area contributed by atoms with Crippen molar-refractivity contribution in [3.05, 3.63) is 59.5 Å². The number of aromatic nitrogens is 3. The summed E-state index contributed by atoms with van der Waals surface area (Å²) in [5, 5.41) is 6.13. The van der Waals surface area contributed by atoms with Gasteiger partial charge in [0.05, 0.1) is 6.20 Å². The van der Waals surface area contributed by atoms with Gasteiger partial charge in [-0.3, -0.25) is 4.98 Å². The molecule has 2 amide bonds. The number of amides is 2. The summed E-state index contributed by atoms with van der Waals surface area (Å²) in [7, 11) is 0. The number of rotatable bonds is 3. The van der Waals surface area contributed by atoms with Crippen LogP contribution in [0.3, 0.4) is 0 Å². The second-order valence-electron chi connectivity index (χ2n) is 7.08. The average Bonchev–Trinajstić information content (AvgIpc) is 3.45. The molecule has 3 aromatic rings. The van der Waals surface area contributed by atoms with Crippen LogP contribution in [0.15, 0.2) is 48.4 Å². The zero-order valence-corrected chi connectivity index (χ0v) is 16.7. The summed E-state index contributed by atoms with van der Waals surface area (Å²) < 4.78 is 0. The van der Waals surface area contributed by atoms with E-state index in [4.69, 9.17) is 0 Å². The van der Waals surface area contributed by atoms with Gasteiger partial charge in [0.15, 0.2) is 5.13 Å². The first-order valence-corrected chi connectivity index (χ1v) is 10.5. The Morgan fingerprint density at radius 3 is 2.66 bits per heavy atom. The largest absolute Gasteiger partial charge is 0.352 e. The number of carbonyl (C=O) groups is 1. The van der Waals surface area contributed by atoms with Crippen molar-refractivity contribution in [3.8, 4) is 0 Å². The van der Waals surface area contributed by atoms with Crippen LogP contribution in [-0.4, -0.2) is 52.1 Å². The molecule has 0 bridgehead atoms. The van der Waals surface area contributed by atoms with Crippen molar-refractivity contribution < 1.29 is 4.79 Å². The summed E-state index contributed by atoms with van der Waals surface area (Å²) in [6.07, 6.45) is 6.95. The molecule has 148 valence electrons. The van der Waals surface area contributed by atoms with E-state index in [-0.39, 0.29) is 6.03 Å². The van der Waals surface area contributed by atoms with Gasteiger partial charge >= 0.3 is 6.03 Å². The maximum absolute atomic E-state index is 12.9. The number of hydrogen-bond donors (Lipinski definition) is 1. The summed E-state index contributed by atoms with van der Waals surface area (Å²) in [4.78, 5) is 32.0. The Kier molecular flexibility index (Phi) is 4.73. The van der Waals surface area contributed by atoms with E-state index in [0.29, 0.717) is 13.1 Å². The molecule has 2 aliphatic heterocycles. The highest BCUT2D eigenvalue weighted by atomic mass is 32.1. The zero-order valence-electron chi connectivity index (χ0n) is 15.9.